The van der Waals surface area contributed by atoms with Gasteiger partial charge in [0.2, 0.25) is 0 Å². The quantitative estimate of drug-likeness (QED) is 0.417. The summed E-state index contributed by atoms with van der Waals surface area (Å²) in [7, 11) is 3.84. The Balaban J connectivity index is 3.06. The topological polar surface area (TPSA) is 29.0 Å². The molecule has 0 bridgehead atoms. The lowest BCUT2D eigenvalue weighted by Crippen LogP contribution is -2.11. The van der Waals surface area contributed by atoms with Gasteiger partial charge in [0.1, 0.15) is 11.0 Å². The first kappa shape index (κ1) is 9.61. The highest BCUT2D eigenvalue weighted by molar-refractivity contribution is 7.98. The molecule has 0 N–H and O–H groups in total. The lowest BCUT2D eigenvalue weighted by Gasteiger charge is -2.11. The van der Waals surface area contributed by atoms with E-state index in [0.717, 1.165) is 5.82 Å². The fraction of sp³-hybridized carbons (Fsp3) is 0.429. The SMILES string of the molecule is CSc1nc(Cl)cc(N(C)C)n1. The van der Waals surface area contributed by atoms with Crippen LogP contribution in [0.2, 0.25) is 5.15 Å². The number of hydrogen-bond donors (Lipinski definition) is 0. The summed E-state index contributed by atoms with van der Waals surface area (Å²) in [4.78, 5) is 10.2. The lowest BCUT2D eigenvalue weighted by molar-refractivity contribution is 0.931. The summed E-state index contributed by atoms with van der Waals surface area (Å²) in [6.45, 7) is 0. The van der Waals surface area contributed by atoms with Crippen LogP contribution in [0.1, 0.15) is 0 Å². The molecule has 1 rings (SSSR count). The number of hydrogen-bond acceptors (Lipinski definition) is 4. The molecule has 0 aliphatic heterocycles. The molecule has 0 spiro atoms. The maximum absolute atomic E-state index is 5.78. The normalized spacial score (nSPS) is 10.0. The van der Waals surface area contributed by atoms with E-state index in [1.807, 2.05) is 25.3 Å². The van der Waals surface area contributed by atoms with Crippen LogP contribution in [-0.2, 0) is 0 Å². The maximum atomic E-state index is 5.78. The Labute approximate surface area is 81.2 Å². The minimum absolute atomic E-state index is 0.484. The first-order chi connectivity index (χ1) is 5.63. The summed E-state index contributed by atoms with van der Waals surface area (Å²) < 4.78 is 0. The lowest BCUT2D eigenvalue weighted by atomic mass is 10.5. The standard InChI is InChI=1S/C7H10ClN3S/c1-11(2)6-4-5(8)9-7(10-6)12-3/h4H,1-3H3. The number of thioether (sulfide) groups is 1. The molecular formula is C7H10ClN3S. The number of halogens is 1. The highest BCUT2D eigenvalue weighted by Crippen LogP contribution is 2.18. The van der Waals surface area contributed by atoms with Crippen LogP contribution in [0.15, 0.2) is 11.2 Å². The molecule has 5 heteroatoms. The van der Waals surface area contributed by atoms with Crippen LogP contribution in [0, 0.1) is 0 Å². The van der Waals surface area contributed by atoms with Crippen molar-refractivity contribution in [2.45, 2.75) is 5.16 Å². The summed E-state index contributed by atoms with van der Waals surface area (Å²) in [5, 5.41) is 1.18. The second-order valence-electron chi connectivity index (χ2n) is 2.43. The van der Waals surface area contributed by atoms with Crippen molar-refractivity contribution in [3.05, 3.63) is 11.2 Å². The van der Waals surface area contributed by atoms with E-state index >= 15 is 0 Å². The third-order valence-electron chi connectivity index (χ3n) is 1.30. The second-order valence-corrected chi connectivity index (χ2v) is 3.59. The van der Waals surface area contributed by atoms with Crippen LogP contribution in [0.3, 0.4) is 0 Å². The monoisotopic (exact) mass is 203 g/mol. The summed E-state index contributed by atoms with van der Waals surface area (Å²) in [6.07, 6.45) is 1.92. The van der Waals surface area contributed by atoms with E-state index in [9.17, 15) is 0 Å². The predicted octanol–water partition coefficient (Wildman–Crippen LogP) is 1.92. The van der Waals surface area contributed by atoms with Gasteiger partial charge in [0.15, 0.2) is 5.16 Å². The van der Waals surface area contributed by atoms with E-state index < -0.39 is 0 Å². The van der Waals surface area contributed by atoms with Gasteiger partial charge in [-0.15, -0.1) is 0 Å². The molecule has 0 aromatic carbocycles. The van der Waals surface area contributed by atoms with Gasteiger partial charge in [-0.1, -0.05) is 23.4 Å². The van der Waals surface area contributed by atoms with Crippen molar-refractivity contribution in [3.63, 3.8) is 0 Å². The molecule has 0 unspecified atom stereocenters. The van der Waals surface area contributed by atoms with E-state index in [1.54, 1.807) is 6.07 Å². The molecule has 0 saturated heterocycles. The Morgan fingerprint density at radius 3 is 2.58 bits per heavy atom. The third kappa shape index (κ3) is 2.25. The van der Waals surface area contributed by atoms with E-state index in [2.05, 4.69) is 9.97 Å². The van der Waals surface area contributed by atoms with Crippen molar-refractivity contribution >= 4 is 29.2 Å². The van der Waals surface area contributed by atoms with Crippen molar-refractivity contribution in [1.82, 2.24) is 9.97 Å². The van der Waals surface area contributed by atoms with Crippen molar-refractivity contribution in [2.75, 3.05) is 25.3 Å². The van der Waals surface area contributed by atoms with Gasteiger partial charge < -0.3 is 4.90 Å². The summed E-state index contributed by atoms with van der Waals surface area (Å²) >= 11 is 7.26. The van der Waals surface area contributed by atoms with Gasteiger partial charge in [-0.05, 0) is 6.26 Å². The molecule has 1 aromatic heterocycles. The van der Waals surface area contributed by atoms with Gasteiger partial charge in [0, 0.05) is 20.2 Å². The number of anilines is 1. The average Bonchev–Trinajstić information content (AvgIpc) is 2.03. The molecule has 0 radical (unpaired) electrons. The molecule has 0 saturated carbocycles. The molecule has 1 aromatic rings. The predicted molar refractivity (Wildman–Crippen MR) is 53.2 cm³/mol. The fourth-order valence-electron chi connectivity index (χ4n) is 0.706. The Kier molecular flexibility index (Phi) is 3.17. The molecule has 3 nitrogen and oxygen atoms in total. The largest absolute Gasteiger partial charge is 0.363 e. The summed E-state index contributed by atoms with van der Waals surface area (Å²) in [5.74, 6) is 0.833. The van der Waals surface area contributed by atoms with E-state index in [-0.39, 0.29) is 0 Å². The molecule has 66 valence electrons. The van der Waals surface area contributed by atoms with Gasteiger partial charge in [-0.2, -0.15) is 0 Å². The average molecular weight is 204 g/mol. The molecular weight excluding hydrogens is 194 g/mol. The van der Waals surface area contributed by atoms with E-state index in [1.165, 1.54) is 11.8 Å². The van der Waals surface area contributed by atoms with Crippen molar-refractivity contribution in [2.24, 2.45) is 0 Å². The fourth-order valence-corrected chi connectivity index (χ4v) is 1.31. The number of nitrogens with zero attached hydrogens (tertiary/aromatic N) is 3. The Bertz CT molecular complexity index is 277. The van der Waals surface area contributed by atoms with Gasteiger partial charge in [-0.25, -0.2) is 9.97 Å². The van der Waals surface area contributed by atoms with Crippen LogP contribution in [0.25, 0.3) is 0 Å². The highest BCUT2D eigenvalue weighted by Gasteiger charge is 2.02. The van der Waals surface area contributed by atoms with Gasteiger partial charge in [0.25, 0.3) is 0 Å². The molecule has 0 aliphatic carbocycles. The zero-order valence-electron chi connectivity index (χ0n) is 7.21. The van der Waals surface area contributed by atoms with Crippen LogP contribution in [0.4, 0.5) is 5.82 Å². The Morgan fingerprint density at radius 2 is 2.08 bits per heavy atom. The van der Waals surface area contributed by atoms with Crippen molar-refractivity contribution in [3.8, 4) is 0 Å². The molecule has 0 amide bonds. The number of rotatable bonds is 2. The third-order valence-corrected chi connectivity index (χ3v) is 2.04. The molecule has 12 heavy (non-hydrogen) atoms. The van der Waals surface area contributed by atoms with Gasteiger partial charge in [0.05, 0.1) is 0 Å². The zero-order chi connectivity index (χ0) is 9.14. The number of aromatic nitrogens is 2. The zero-order valence-corrected chi connectivity index (χ0v) is 8.78. The van der Waals surface area contributed by atoms with Crippen LogP contribution in [-0.4, -0.2) is 30.3 Å². The summed E-state index contributed by atoms with van der Waals surface area (Å²) in [6, 6.07) is 1.74. The molecule has 0 atom stereocenters. The molecule has 0 fully saturated rings. The van der Waals surface area contributed by atoms with Gasteiger partial charge in [-0.3, -0.25) is 0 Å². The highest BCUT2D eigenvalue weighted by atomic mass is 35.5. The minimum atomic E-state index is 0.484. The van der Waals surface area contributed by atoms with Gasteiger partial charge >= 0.3 is 0 Å². The van der Waals surface area contributed by atoms with Crippen molar-refractivity contribution < 1.29 is 0 Å². The smallest absolute Gasteiger partial charge is 0.190 e. The van der Waals surface area contributed by atoms with E-state index in [4.69, 9.17) is 11.6 Å². The van der Waals surface area contributed by atoms with E-state index in [0.29, 0.717) is 10.3 Å². The molecule has 0 aliphatic rings. The Hall–Kier alpha value is -0.480. The molecule has 1 heterocycles. The van der Waals surface area contributed by atoms with Crippen molar-refractivity contribution in [1.29, 1.82) is 0 Å². The summed E-state index contributed by atoms with van der Waals surface area (Å²) in [5.41, 5.74) is 0. The van der Waals surface area contributed by atoms with Crippen LogP contribution >= 0.6 is 23.4 Å². The first-order valence-corrected chi connectivity index (χ1v) is 4.99. The second kappa shape index (κ2) is 3.96. The Morgan fingerprint density at radius 1 is 1.42 bits per heavy atom. The van der Waals surface area contributed by atoms with Crippen LogP contribution < -0.4 is 4.90 Å². The van der Waals surface area contributed by atoms with Crippen LogP contribution in [0.5, 0.6) is 0 Å². The first-order valence-electron chi connectivity index (χ1n) is 3.39. The minimum Gasteiger partial charge on any atom is -0.363 e. The maximum Gasteiger partial charge on any atom is 0.190 e.